The third kappa shape index (κ3) is 8.95. The van der Waals surface area contributed by atoms with Gasteiger partial charge in [-0.25, -0.2) is 4.79 Å². The monoisotopic (exact) mass is 651 g/mol. The maximum Gasteiger partial charge on any atom is 0.410 e. The highest BCUT2D eigenvalue weighted by molar-refractivity contribution is 5.69. The van der Waals surface area contributed by atoms with E-state index in [-0.39, 0.29) is 25.9 Å². The Hall–Kier alpha value is -3.39. The molecular weight excluding hydrogens is 606 g/mol. The molecule has 4 N–H and O–H groups in total. The summed E-state index contributed by atoms with van der Waals surface area (Å²) in [5.41, 5.74) is 2.75. The minimum Gasteiger partial charge on any atom is -0.445 e. The van der Waals surface area contributed by atoms with Gasteiger partial charge in [0.1, 0.15) is 37.1 Å². The van der Waals surface area contributed by atoms with Crippen molar-refractivity contribution in [3.05, 3.63) is 108 Å². The number of ether oxygens (including phenoxy) is 5. The summed E-state index contributed by atoms with van der Waals surface area (Å²) >= 11 is 0. The molecule has 0 radical (unpaired) electrons. The van der Waals surface area contributed by atoms with Gasteiger partial charge >= 0.3 is 6.09 Å². The maximum atomic E-state index is 13.9. The second-order valence-corrected chi connectivity index (χ2v) is 11.9. The number of hydrogen-bond acceptors (Lipinski definition) is 10. The number of nitrogens with zero attached hydrogens (tertiary/aromatic N) is 1. The zero-order valence-corrected chi connectivity index (χ0v) is 26.5. The Balaban J connectivity index is 1.43. The Labute approximate surface area is 275 Å². The van der Waals surface area contributed by atoms with Crippen molar-refractivity contribution < 1.29 is 48.9 Å². The van der Waals surface area contributed by atoms with Crippen molar-refractivity contribution in [1.82, 2.24) is 4.90 Å². The van der Waals surface area contributed by atoms with E-state index in [9.17, 15) is 25.2 Å². The highest BCUT2D eigenvalue weighted by atomic mass is 16.7. The third-order valence-electron chi connectivity index (χ3n) is 8.76. The highest BCUT2D eigenvalue weighted by Gasteiger charge is 2.49. The van der Waals surface area contributed by atoms with Crippen LogP contribution in [0, 0.1) is 0 Å². The lowest BCUT2D eigenvalue weighted by molar-refractivity contribution is -0.306. The third-order valence-corrected chi connectivity index (χ3v) is 8.76. The van der Waals surface area contributed by atoms with Crippen LogP contribution in [-0.4, -0.2) is 99.6 Å². The first kappa shape index (κ1) is 34.9. The molecule has 11 nitrogen and oxygen atoms in total. The van der Waals surface area contributed by atoms with E-state index in [2.05, 4.69) is 0 Å². The van der Waals surface area contributed by atoms with Gasteiger partial charge in [0.2, 0.25) is 0 Å². The Morgan fingerprint density at radius 2 is 1.32 bits per heavy atom. The van der Waals surface area contributed by atoms with Crippen LogP contribution in [0.4, 0.5) is 4.79 Å². The molecule has 0 saturated carbocycles. The molecule has 2 heterocycles. The summed E-state index contributed by atoms with van der Waals surface area (Å²) in [5.74, 6) is 0. The summed E-state index contributed by atoms with van der Waals surface area (Å²) in [6.45, 7) is 1.82. The van der Waals surface area contributed by atoms with Crippen molar-refractivity contribution in [2.24, 2.45) is 0 Å². The van der Waals surface area contributed by atoms with Crippen molar-refractivity contribution in [3.63, 3.8) is 0 Å². The van der Waals surface area contributed by atoms with Crippen molar-refractivity contribution in [2.75, 3.05) is 13.2 Å². The minimum atomic E-state index is -1.61. The van der Waals surface area contributed by atoms with Crippen LogP contribution in [0.25, 0.3) is 0 Å². The molecule has 2 aliphatic rings. The van der Waals surface area contributed by atoms with Gasteiger partial charge in [-0.05, 0) is 29.5 Å². The number of piperidine rings is 1. The molecule has 1 amide bonds. The van der Waals surface area contributed by atoms with Crippen LogP contribution in [0.2, 0.25) is 0 Å². The summed E-state index contributed by atoms with van der Waals surface area (Å²) in [7, 11) is 0. The molecule has 2 saturated heterocycles. The Kier molecular flexibility index (Phi) is 12.7. The van der Waals surface area contributed by atoms with Crippen molar-refractivity contribution >= 4 is 6.09 Å². The molecule has 254 valence electrons. The van der Waals surface area contributed by atoms with Gasteiger partial charge in [-0.2, -0.15) is 0 Å². The fourth-order valence-electron chi connectivity index (χ4n) is 6.13. The highest BCUT2D eigenvalue weighted by Crippen LogP contribution is 2.33. The van der Waals surface area contributed by atoms with E-state index in [4.69, 9.17) is 23.7 Å². The summed E-state index contributed by atoms with van der Waals surface area (Å²) in [6, 6.07) is 27.7. The average Bonchev–Trinajstić information content (AvgIpc) is 3.12. The van der Waals surface area contributed by atoms with Crippen LogP contribution in [-0.2, 0) is 43.5 Å². The Morgan fingerprint density at radius 3 is 1.87 bits per heavy atom. The summed E-state index contributed by atoms with van der Waals surface area (Å²) in [6.07, 6.45) is -7.94. The Bertz CT molecular complexity index is 1350. The summed E-state index contributed by atoms with van der Waals surface area (Å²) in [4.78, 5) is 15.6. The van der Waals surface area contributed by atoms with E-state index in [1.807, 2.05) is 97.9 Å². The molecule has 0 unspecified atom stereocenters. The molecular formula is C36H45NO10. The number of likely N-dealkylation sites (tertiary alicyclic amines) is 1. The van der Waals surface area contributed by atoms with Gasteiger partial charge in [0.15, 0.2) is 6.29 Å². The number of benzene rings is 3. The van der Waals surface area contributed by atoms with E-state index in [1.165, 1.54) is 0 Å². The number of aliphatic hydroxyl groups is 4. The van der Waals surface area contributed by atoms with E-state index in [0.717, 1.165) is 16.7 Å². The molecule has 2 aliphatic heterocycles. The van der Waals surface area contributed by atoms with Crippen molar-refractivity contribution in [2.45, 2.75) is 94.6 Å². The molecule has 0 aliphatic carbocycles. The van der Waals surface area contributed by atoms with E-state index in [0.29, 0.717) is 19.4 Å². The smallest absolute Gasteiger partial charge is 0.410 e. The zero-order valence-electron chi connectivity index (χ0n) is 26.5. The summed E-state index contributed by atoms with van der Waals surface area (Å²) in [5, 5.41) is 41.1. The lowest BCUT2D eigenvalue weighted by Crippen LogP contribution is -2.65. The van der Waals surface area contributed by atoms with Crippen LogP contribution in [0.3, 0.4) is 0 Å². The predicted octanol–water partition coefficient (Wildman–Crippen LogP) is 3.16. The predicted molar refractivity (Wildman–Crippen MR) is 171 cm³/mol. The van der Waals surface area contributed by atoms with Crippen LogP contribution in [0.1, 0.15) is 36.5 Å². The van der Waals surface area contributed by atoms with E-state index < -0.39 is 61.7 Å². The SMILES string of the molecule is CC[C@@H]1C[C@H](OCc2ccccc2)[C@@H](OCc2ccccc2)[C@@H](CO[C@@H]2O[C@H](CO)[C@@H](O)[C@H](O)[C@H]2O)N1C(=O)OCc1ccccc1. The lowest BCUT2D eigenvalue weighted by atomic mass is 9.89. The van der Waals surface area contributed by atoms with E-state index >= 15 is 0 Å². The number of amides is 1. The van der Waals surface area contributed by atoms with Gasteiger partial charge in [-0.15, -0.1) is 0 Å². The fraction of sp³-hybridized carbons (Fsp3) is 0.472. The first-order chi connectivity index (χ1) is 22.9. The fourth-order valence-corrected chi connectivity index (χ4v) is 6.13. The molecule has 11 heteroatoms. The number of carbonyl (C=O) groups is 1. The number of aliphatic hydroxyl groups excluding tert-OH is 4. The van der Waals surface area contributed by atoms with Crippen LogP contribution in [0.15, 0.2) is 91.0 Å². The van der Waals surface area contributed by atoms with Crippen LogP contribution in [0.5, 0.6) is 0 Å². The number of rotatable bonds is 13. The van der Waals surface area contributed by atoms with Gasteiger partial charge in [0, 0.05) is 6.04 Å². The quantitative estimate of drug-likeness (QED) is 0.217. The molecule has 3 aromatic carbocycles. The standard InChI is InChI=1S/C36H45NO10/c1-2-27-18-29(43-20-24-12-6-3-7-13-24)34(44-21-25-14-8-4-9-15-25)28(37(27)36(42)46-22-26-16-10-5-11-17-26)23-45-35-33(41)32(40)31(39)30(19-38)47-35/h3-17,27-35,38-41H,2,18-23H2,1H3/t27-,28-,29+,30-,31-,32+,33-,34+,35-/m1/s1. The molecule has 5 rings (SSSR count). The van der Waals surface area contributed by atoms with Crippen molar-refractivity contribution in [3.8, 4) is 0 Å². The second kappa shape index (κ2) is 17.1. The van der Waals surface area contributed by atoms with Gasteiger partial charge in [-0.3, -0.25) is 4.90 Å². The molecule has 0 spiro atoms. The largest absolute Gasteiger partial charge is 0.445 e. The van der Waals surface area contributed by atoms with Crippen molar-refractivity contribution in [1.29, 1.82) is 0 Å². The molecule has 3 aromatic rings. The van der Waals surface area contributed by atoms with Crippen LogP contribution >= 0.6 is 0 Å². The van der Waals surface area contributed by atoms with Gasteiger partial charge in [0.25, 0.3) is 0 Å². The molecule has 47 heavy (non-hydrogen) atoms. The lowest BCUT2D eigenvalue weighted by Gasteiger charge is -2.49. The maximum absolute atomic E-state index is 13.9. The second-order valence-electron chi connectivity index (χ2n) is 11.9. The normalized spacial score (nSPS) is 29.4. The van der Waals surface area contributed by atoms with Gasteiger partial charge < -0.3 is 44.1 Å². The Morgan fingerprint density at radius 1 is 0.766 bits per heavy atom. The average molecular weight is 652 g/mol. The van der Waals surface area contributed by atoms with E-state index in [1.54, 1.807) is 4.90 Å². The number of hydrogen-bond donors (Lipinski definition) is 4. The molecule has 2 fully saturated rings. The first-order valence-corrected chi connectivity index (χ1v) is 16.1. The van der Waals surface area contributed by atoms with Crippen LogP contribution < -0.4 is 0 Å². The zero-order chi connectivity index (χ0) is 33.2. The molecule has 0 aromatic heterocycles. The molecule has 9 atom stereocenters. The summed E-state index contributed by atoms with van der Waals surface area (Å²) < 4.78 is 30.6. The first-order valence-electron chi connectivity index (χ1n) is 16.1. The topological polar surface area (TPSA) is 147 Å². The minimum absolute atomic E-state index is 0.0658. The molecule has 0 bridgehead atoms. The van der Waals surface area contributed by atoms with Gasteiger partial charge in [0.05, 0.1) is 38.6 Å². The van der Waals surface area contributed by atoms with Gasteiger partial charge in [-0.1, -0.05) is 97.9 Å². The number of carbonyl (C=O) groups excluding carboxylic acids is 1.